The van der Waals surface area contributed by atoms with Crippen LogP contribution in [0.1, 0.15) is 34.5 Å². The summed E-state index contributed by atoms with van der Waals surface area (Å²) in [5, 5.41) is 5.57. The van der Waals surface area contributed by atoms with Crippen LogP contribution in [0.25, 0.3) is 6.08 Å². The molecule has 2 aromatic carbocycles. The van der Waals surface area contributed by atoms with E-state index in [1.165, 1.54) is 30.9 Å². The van der Waals surface area contributed by atoms with Crippen LogP contribution in [0.2, 0.25) is 0 Å². The van der Waals surface area contributed by atoms with Crippen LogP contribution in [0.5, 0.6) is 5.75 Å². The van der Waals surface area contributed by atoms with E-state index in [9.17, 15) is 9.59 Å². The zero-order valence-electron chi connectivity index (χ0n) is 18.5. The third-order valence-corrected chi connectivity index (χ3v) is 5.54. The van der Waals surface area contributed by atoms with Crippen molar-refractivity contribution in [2.75, 3.05) is 25.1 Å². The molecule has 2 amide bonds. The second-order valence-electron chi connectivity index (χ2n) is 7.80. The summed E-state index contributed by atoms with van der Waals surface area (Å²) in [5.74, 6) is 0.300. The fourth-order valence-corrected chi connectivity index (χ4v) is 3.69. The predicted octanol–water partition coefficient (Wildman–Crippen LogP) is 3.98. The highest BCUT2D eigenvalue weighted by Gasteiger charge is 2.16. The molecular formula is C26H27N3O4. The summed E-state index contributed by atoms with van der Waals surface area (Å²) in [6, 6.07) is 18.3. The molecule has 2 heterocycles. The maximum Gasteiger partial charge on any atom is 0.268 e. The number of carbonyl (C=O) groups is 2. The second-order valence-corrected chi connectivity index (χ2v) is 7.80. The van der Waals surface area contributed by atoms with Gasteiger partial charge in [0.1, 0.15) is 17.2 Å². The Balaban J connectivity index is 1.42. The molecule has 7 nitrogen and oxygen atoms in total. The van der Waals surface area contributed by atoms with E-state index in [4.69, 9.17) is 9.15 Å². The van der Waals surface area contributed by atoms with Gasteiger partial charge in [-0.25, -0.2) is 0 Å². The van der Waals surface area contributed by atoms with E-state index in [0.29, 0.717) is 23.6 Å². The smallest absolute Gasteiger partial charge is 0.268 e. The van der Waals surface area contributed by atoms with E-state index in [0.717, 1.165) is 18.7 Å². The molecule has 1 aliphatic heterocycles. The number of amides is 2. The van der Waals surface area contributed by atoms with Crippen LogP contribution in [0.15, 0.2) is 77.0 Å². The minimum absolute atomic E-state index is 0.0967. The first-order valence-electron chi connectivity index (χ1n) is 10.9. The van der Waals surface area contributed by atoms with E-state index in [1.54, 1.807) is 43.5 Å². The SMILES string of the molecule is COc1ccc(C(=O)N/C(=C\c2ccco2)C(=O)NCc2ccc(N3CCCC3)cc2)cc1. The average molecular weight is 446 g/mol. The lowest BCUT2D eigenvalue weighted by Gasteiger charge is -2.18. The Hall–Kier alpha value is -4.00. The lowest BCUT2D eigenvalue weighted by Crippen LogP contribution is -2.34. The molecule has 1 aliphatic rings. The predicted molar refractivity (Wildman–Crippen MR) is 127 cm³/mol. The minimum atomic E-state index is -0.406. The highest BCUT2D eigenvalue weighted by molar-refractivity contribution is 6.05. The van der Waals surface area contributed by atoms with Gasteiger partial charge >= 0.3 is 0 Å². The number of ether oxygens (including phenoxy) is 1. The Morgan fingerprint density at radius 2 is 1.76 bits per heavy atom. The molecule has 3 aromatic rings. The Bertz CT molecular complexity index is 1100. The molecular weight excluding hydrogens is 418 g/mol. The van der Waals surface area contributed by atoms with Crippen molar-refractivity contribution in [2.45, 2.75) is 19.4 Å². The Morgan fingerprint density at radius 3 is 2.39 bits per heavy atom. The van der Waals surface area contributed by atoms with Crippen molar-refractivity contribution in [3.8, 4) is 5.75 Å². The number of rotatable bonds is 8. The van der Waals surface area contributed by atoms with Gasteiger partial charge in [-0.15, -0.1) is 0 Å². The molecule has 1 aromatic heterocycles. The fourth-order valence-electron chi connectivity index (χ4n) is 3.69. The summed E-state index contributed by atoms with van der Waals surface area (Å²) >= 11 is 0. The van der Waals surface area contributed by atoms with Crippen LogP contribution < -0.4 is 20.3 Å². The standard InChI is InChI=1S/C26H27N3O4/c1-32-22-12-8-20(9-13-22)25(30)28-24(17-23-5-4-16-33-23)26(31)27-18-19-6-10-21(11-7-19)29-14-2-3-15-29/h4-13,16-17H,2-3,14-15,18H2,1H3,(H,27,31)(H,28,30)/b24-17-. The third kappa shape index (κ3) is 5.83. The fraction of sp³-hybridized carbons (Fsp3) is 0.231. The van der Waals surface area contributed by atoms with Crippen molar-refractivity contribution in [3.05, 3.63) is 89.5 Å². The number of nitrogens with zero attached hydrogens (tertiary/aromatic N) is 1. The van der Waals surface area contributed by atoms with Crippen molar-refractivity contribution >= 4 is 23.6 Å². The average Bonchev–Trinajstić information content (AvgIpc) is 3.57. The Morgan fingerprint density at radius 1 is 1.03 bits per heavy atom. The minimum Gasteiger partial charge on any atom is -0.497 e. The largest absolute Gasteiger partial charge is 0.497 e. The van der Waals surface area contributed by atoms with Crippen molar-refractivity contribution in [1.29, 1.82) is 0 Å². The van der Waals surface area contributed by atoms with Gasteiger partial charge < -0.3 is 24.7 Å². The van der Waals surface area contributed by atoms with E-state index in [-0.39, 0.29) is 5.70 Å². The number of hydrogen-bond donors (Lipinski definition) is 2. The van der Waals surface area contributed by atoms with E-state index in [2.05, 4.69) is 27.7 Å². The first kappa shape index (κ1) is 22.2. The topological polar surface area (TPSA) is 83.8 Å². The summed E-state index contributed by atoms with van der Waals surface area (Å²) in [7, 11) is 1.56. The summed E-state index contributed by atoms with van der Waals surface area (Å²) in [6.07, 6.45) is 5.47. The summed E-state index contributed by atoms with van der Waals surface area (Å²) in [6.45, 7) is 2.52. The van der Waals surface area contributed by atoms with Crippen LogP contribution in [0.4, 0.5) is 5.69 Å². The molecule has 2 N–H and O–H groups in total. The number of methoxy groups -OCH3 is 1. The van der Waals surface area contributed by atoms with Gasteiger partial charge in [-0.05, 0) is 66.9 Å². The molecule has 0 aliphatic carbocycles. The van der Waals surface area contributed by atoms with Crippen LogP contribution in [-0.2, 0) is 11.3 Å². The molecule has 1 saturated heterocycles. The number of nitrogens with one attached hydrogen (secondary N) is 2. The first-order chi connectivity index (χ1) is 16.1. The summed E-state index contributed by atoms with van der Waals surface area (Å²) in [4.78, 5) is 28.0. The van der Waals surface area contributed by atoms with Crippen LogP contribution >= 0.6 is 0 Å². The molecule has 7 heteroatoms. The van der Waals surface area contributed by atoms with E-state index >= 15 is 0 Å². The lowest BCUT2D eigenvalue weighted by atomic mass is 10.2. The van der Waals surface area contributed by atoms with Gasteiger partial charge in [0.2, 0.25) is 0 Å². The summed E-state index contributed by atoms with van der Waals surface area (Å²) in [5.41, 5.74) is 2.68. The molecule has 1 fully saturated rings. The van der Waals surface area contributed by atoms with E-state index in [1.807, 2.05) is 12.1 Å². The Labute approximate surface area is 193 Å². The van der Waals surface area contributed by atoms with Crippen LogP contribution in [0, 0.1) is 0 Å². The van der Waals surface area contributed by atoms with Crippen molar-refractivity contribution in [2.24, 2.45) is 0 Å². The zero-order chi connectivity index (χ0) is 23.0. The molecule has 33 heavy (non-hydrogen) atoms. The van der Waals surface area contributed by atoms with Crippen molar-refractivity contribution in [1.82, 2.24) is 10.6 Å². The number of hydrogen-bond acceptors (Lipinski definition) is 5. The monoisotopic (exact) mass is 445 g/mol. The van der Waals surface area contributed by atoms with Gasteiger partial charge in [0.05, 0.1) is 13.4 Å². The molecule has 4 rings (SSSR count). The quantitative estimate of drug-likeness (QED) is 0.513. The molecule has 170 valence electrons. The maximum absolute atomic E-state index is 12.9. The normalized spacial score (nSPS) is 13.6. The highest BCUT2D eigenvalue weighted by Crippen LogP contribution is 2.20. The van der Waals surface area contributed by atoms with Gasteiger partial charge in [-0.3, -0.25) is 9.59 Å². The maximum atomic E-state index is 12.9. The zero-order valence-corrected chi connectivity index (χ0v) is 18.5. The van der Waals surface area contributed by atoms with Gasteiger partial charge in [-0.2, -0.15) is 0 Å². The number of carbonyl (C=O) groups excluding carboxylic acids is 2. The molecule has 0 saturated carbocycles. The van der Waals surface area contributed by atoms with Gasteiger partial charge in [-0.1, -0.05) is 12.1 Å². The molecule has 0 unspecified atom stereocenters. The van der Waals surface area contributed by atoms with Gasteiger partial charge in [0.25, 0.3) is 11.8 Å². The van der Waals surface area contributed by atoms with E-state index < -0.39 is 11.8 Å². The molecule has 0 bridgehead atoms. The highest BCUT2D eigenvalue weighted by atomic mass is 16.5. The van der Waals surface area contributed by atoms with Gasteiger partial charge in [0.15, 0.2) is 0 Å². The summed E-state index contributed by atoms with van der Waals surface area (Å²) < 4.78 is 10.5. The lowest BCUT2D eigenvalue weighted by molar-refractivity contribution is -0.117. The van der Waals surface area contributed by atoms with Gasteiger partial charge in [0, 0.05) is 37.0 Å². The first-order valence-corrected chi connectivity index (χ1v) is 10.9. The number of benzene rings is 2. The molecule has 0 spiro atoms. The number of anilines is 1. The number of furan rings is 1. The van der Waals surface area contributed by atoms with Crippen LogP contribution in [-0.4, -0.2) is 32.0 Å². The van der Waals surface area contributed by atoms with Crippen LogP contribution in [0.3, 0.4) is 0 Å². The third-order valence-electron chi connectivity index (χ3n) is 5.54. The molecule has 0 atom stereocenters. The van der Waals surface area contributed by atoms with Crippen molar-refractivity contribution in [3.63, 3.8) is 0 Å². The Kier molecular flexibility index (Phi) is 7.09. The van der Waals surface area contributed by atoms with Crippen molar-refractivity contribution < 1.29 is 18.7 Å². The second kappa shape index (κ2) is 10.5. The molecule has 0 radical (unpaired) electrons.